The Labute approximate surface area is 266 Å². The molecule has 4 unspecified atom stereocenters. The van der Waals surface area contributed by atoms with Crippen molar-refractivity contribution in [3.05, 3.63) is 101 Å². The normalized spacial score (nSPS) is 21.8. The number of benzene rings is 2. The summed E-state index contributed by atoms with van der Waals surface area (Å²) in [5.41, 5.74) is 4.34. The number of alkyl halides is 3. The van der Waals surface area contributed by atoms with E-state index in [0.29, 0.717) is 24.3 Å². The maximum Gasteiger partial charge on any atom is 0.471 e. The molecule has 4 atom stereocenters. The first-order chi connectivity index (χ1) is 22.1. The van der Waals surface area contributed by atoms with Crippen LogP contribution in [0, 0.1) is 0 Å². The number of likely N-dealkylation sites (tertiary alicyclic amines) is 1. The van der Waals surface area contributed by atoms with Gasteiger partial charge in [-0.25, -0.2) is 0 Å². The number of nitrogens with one attached hydrogen (secondary N) is 1. The van der Waals surface area contributed by atoms with Gasteiger partial charge in [0.1, 0.15) is 6.04 Å². The summed E-state index contributed by atoms with van der Waals surface area (Å²) in [6, 6.07) is 19.7. The highest BCUT2D eigenvalue weighted by Crippen LogP contribution is 2.38. The molecule has 3 heterocycles. The van der Waals surface area contributed by atoms with Gasteiger partial charge >= 0.3 is 12.1 Å². The molecule has 2 aromatic carbocycles. The van der Waals surface area contributed by atoms with Gasteiger partial charge < -0.3 is 29.7 Å². The molecule has 0 spiro atoms. The number of aliphatic hydroxyl groups excluding tert-OH is 1. The Morgan fingerprint density at radius 2 is 1.74 bits per heavy atom. The second kappa shape index (κ2) is 15.2. The highest BCUT2D eigenvalue weighted by molar-refractivity contribution is 5.90. The third kappa shape index (κ3) is 8.69. The van der Waals surface area contributed by atoms with Crippen LogP contribution in [0.2, 0.25) is 0 Å². The fourth-order valence-electron chi connectivity index (χ4n) is 5.87. The Balaban J connectivity index is 1.22. The number of hydrogen-bond donors (Lipinski definition) is 2. The zero-order valence-corrected chi connectivity index (χ0v) is 25.7. The van der Waals surface area contributed by atoms with Gasteiger partial charge in [0.15, 0.2) is 6.29 Å². The van der Waals surface area contributed by atoms with Crippen molar-refractivity contribution in [3.63, 3.8) is 0 Å². The summed E-state index contributed by atoms with van der Waals surface area (Å²) in [6.07, 6.45) is -2.29. The largest absolute Gasteiger partial charge is 0.471 e. The minimum atomic E-state index is -5.02. The number of halogens is 3. The molecule has 2 amide bonds. The number of likely N-dealkylation sites (N-methyl/N-ethyl adjacent to an activating group) is 1. The molecule has 246 valence electrons. The van der Waals surface area contributed by atoms with Crippen molar-refractivity contribution in [1.29, 1.82) is 0 Å². The molecule has 2 N–H and O–H groups in total. The van der Waals surface area contributed by atoms with Crippen molar-refractivity contribution in [2.45, 2.75) is 69.6 Å². The first-order valence-electron chi connectivity index (χ1n) is 15.4. The van der Waals surface area contributed by atoms with Gasteiger partial charge in [-0.1, -0.05) is 54.6 Å². The minimum Gasteiger partial charge on any atom is -0.392 e. The number of nitrogens with zero attached hydrogens (tertiary/aromatic N) is 3. The molecule has 0 radical (unpaired) electrons. The molecule has 5 rings (SSSR count). The van der Waals surface area contributed by atoms with Crippen LogP contribution < -0.4 is 5.32 Å². The fourth-order valence-corrected chi connectivity index (χ4v) is 5.87. The summed E-state index contributed by atoms with van der Waals surface area (Å²) < 4.78 is 51.7. The minimum absolute atomic E-state index is 0.0430. The number of amides is 2. The Hall–Kier alpha value is -3.84. The molecule has 0 bridgehead atoms. The summed E-state index contributed by atoms with van der Waals surface area (Å²) in [4.78, 5) is 31.7. The van der Waals surface area contributed by atoms with Crippen LogP contribution in [-0.2, 0) is 38.6 Å². The fraction of sp³-hybridized carbons (Fsp3) is 0.441. The summed E-state index contributed by atoms with van der Waals surface area (Å²) in [5, 5.41) is 12.1. The summed E-state index contributed by atoms with van der Waals surface area (Å²) in [5.74, 6) is -2.59. The number of carbonyl (C=O) groups is 2. The van der Waals surface area contributed by atoms with Gasteiger partial charge in [-0.15, -0.1) is 0 Å². The van der Waals surface area contributed by atoms with E-state index in [-0.39, 0.29) is 38.3 Å². The number of ether oxygens (including phenoxy) is 2. The molecule has 0 saturated carbocycles. The van der Waals surface area contributed by atoms with Crippen LogP contribution in [-0.4, -0.2) is 76.7 Å². The lowest BCUT2D eigenvalue weighted by molar-refractivity contribution is -0.252. The predicted molar refractivity (Wildman–Crippen MR) is 163 cm³/mol. The molecule has 9 nitrogen and oxygen atoms in total. The maximum atomic E-state index is 13.0. The van der Waals surface area contributed by atoms with Crippen molar-refractivity contribution in [1.82, 2.24) is 20.1 Å². The van der Waals surface area contributed by atoms with E-state index >= 15 is 0 Å². The molecule has 2 fully saturated rings. The van der Waals surface area contributed by atoms with Gasteiger partial charge in [-0.05, 0) is 48.7 Å². The Bertz CT molecular complexity index is 1440. The third-order valence-electron chi connectivity index (χ3n) is 8.38. The van der Waals surface area contributed by atoms with Crippen LogP contribution in [0.4, 0.5) is 13.2 Å². The second-order valence-electron chi connectivity index (χ2n) is 11.8. The zero-order valence-electron chi connectivity index (χ0n) is 25.7. The van der Waals surface area contributed by atoms with Crippen molar-refractivity contribution in [3.8, 4) is 0 Å². The van der Waals surface area contributed by atoms with E-state index in [2.05, 4.69) is 22.2 Å². The van der Waals surface area contributed by atoms with Crippen molar-refractivity contribution < 1.29 is 37.3 Å². The number of aromatic nitrogens is 1. The highest BCUT2D eigenvalue weighted by Gasteiger charge is 2.47. The second-order valence-corrected chi connectivity index (χ2v) is 11.8. The van der Waals surface area contributed by atoms with E-state index in [1.807, 2.05) is 66.7 Å². The van der Waals surface area contributed by atoms with Gasteiger partial charge in [0.25, 0.3) is 0 Å². The molecule has 1 aromatic heterocycles. The van der Waals surface area contributed by atoms with Gasteiger partial charge in [-0.2, -0.15) is 13.2 Å². The van der Waals surface area contributed by atoms with Crippen LogP contribution in [0.25, 0.3) is 0 Å². The van der Waals surface area contributed by atoms with E-state index in [4.69, 9.17) is 9.47 Å². The first kappa shape index (κ1) is 33.5. The lowest BCUT2D eigenvalue weighted by atomic mass is 9.99. The van der Waals surface area contributed by atoms with E-state index < -0.39 is 30.3 Å². The first-order valence-corrected chi connectivity index (χ1v) is 15.4. The van der Waals surface area contributed by atoms with Crippen LogP contribution in [0.3, 0.4) is 0 Å². The molecule has 2 aliphatic heterocycles. The smallest absolute Gasteiger partial charge is 0.392 e. The van der Waals surface area contributed by atoms with E-state index in [9.17, 15) is 27.9 Å². The van der Waals surface area contributed by atoms with E-state index in [0.717, 1.165) is 40.9 Å². The average molecular weight is 641 g/mol. The Morgan fingerprint density at radius 3 is 2.41 bits per heavy atom. The van der Waals surface area contributed by atoms with Crippen LogP contribution in [0.1, 0.15) is 59.6 Å². The summed E-state index contributed by atoms with van der Waals surface area (Å²) in [6.45, 7) is 1.44. The lowest BCUT2D eigenvalue weighted by Gasteiger charge is -2.38. The molecule has 12 heteroatoms. The SMILES string of the molecule is CN(CCc1ccccn1)CC1CC(c2ccc(CO)cc2)OC(c2ccc(CNC(=O)C3CCCN3C(=O)C(F)(F)F)cc2)O1. The highest BCUT2D eigenvalue weighted by atomic mass is 19.4. The van der Waals surface area contributed by atoms with Crippen molar-refractivity contribution in [2.24, 2.45) is 0 Å². The van der Waals surface area contributed by atoms with Crippen molar-refractivity contribution in [2.75, 3.05) is 26.7 Å². The summed E-state index contributed by atoms with van der Waals surface area (Å²) in [7, 11) is 2.05. The quantitative estimate of drug-likeness (QED) is 0.319. The van der Waals surface area contributed by atoms with Gasteiger partial charge in [-0.3, -0.25) is 14.6 Å². The third-order valence-corrected chi connectivity index (χ3v) is 8.38. The number of carbonyl (C=O) groups excluding carboxylic acids is 2. The molecular formula is C34H39F3N4O5. The maximum absolute atomic E-state index is 13.0. The molecule has 2 saturated heterocycles. The molecule has 2 aliphatic rings. The number of hydrogen-bond acceptors (Lipinski definition) is 7. The van der Waals surface area contributed by atoms with Crippen molar-refractivity contribution >= 4 is 11.8 Å². The number of rotatable bonds is 11. The lowest BCUT2D eigenvalue weighted by Crippen LogP contribution is -2.50. The Morgan fingerprint density at radius 1 is 1.02 bits per heavy atom. The Kier molecular flexibility index (Phi) is 11.1. The van der Waals surface area contributed by atoms with Crippen LogP contribution in [0.5, 0.6) is 0 Å². The molecule has 0 aliphatic carbocycles. The average Bonchev–Trinajstić information content (AvgIpc) is 3.56. The standard InChI is InChI=1S/C34H39F3N4O5/c1-40(18-15-27-5-2-3-16-38-27)21-28-19-30(25-11-9-24(22-42)10-12-25)46-32(45-28)26-13-7-23(8-14-26)20-39-31(43)29-6-4-17-41(29)33(44)34(35,36)37/h2-3,5,7-14,16,28-30,32,42H,4,6,15,17-22H2,1H3,(H,39,43). The van der Waals surface area contributed by atoms with E-state index in [1.165, 1.54) is 0 Å². The molecule has 46 heavy (non-hydrogen) atoms. The monoisotopic (exact) mass is 640 g/mol. The van der Waals surface area contributed by atoms with Gasteiger partial charge in [0.05, 0.1) is 18.8 Å². The van der Waals surface area contributed by atoms with Gasteiger partial charge in [0.2, 0.25) is 5.91 Å². The predicted octanol–water partition coefficient (Wildman–Crippen LogP) is 4.46. The van der Waals surface area contributed by atoms with E-state index in [1.54, 1.807) is 6.20 Å². The number of aliphatic hydroxyl groups is 1. The van der Waals surface area contributed by atoms with Crippen LogP contribution >= 0.6 is 0 Å². The number of pyridine rings is 1. The summed E-state index contributed by atoms with van der Waals surface area (Å²) >= 11 is 0. The topological polar surface area (TPSA) is 104 Å². The molecular weight excluding hydrogens is 601 g/mol. The molecule has 3 aromatic rings. The van der Waals surface area contributed by atoms with Crippen LogP contribution in [0.15, 0.2) is 72.9 Å². The van der Waals surface area contributed by atoms with Gasteiger partial charge in [0, 0.05) is 56.5 Å². The zero-order chi connectivity index (χ0) is 32.7.